The van der Waals surface area contributed by atoms with Gasteiger partial charge in [-0.05, 0) is 66.6 Å². The van der Waals surface area contributed by atoms with Crippen LogP contribution in [0.15, 0.2) is 36.4 Å². The van der Waals surface area contributed by atoms with E-state index < -0.39 is 10.0 Å². The molecule has 8 nitrogen and oxygen atoms in total. The molecule has 0 radical (unpaired) electrons. The molecule has 1 unspecified atom stereocenters. The summed E-state index contributed by atoms with van der Waals surface area (Å²) >= 11 is 6.07. The van der Waals surface area contributed by atoms with Gasteiger partial charge in [0, 0.05) is 29.9 Å². The Morgan fingerprint density at radius 3 is 2.49 bits per heavy atom. The summed E-state index contributed by atoms with van der Waals surface area (Å²) in [5.74, 6) is 0.485. The van der Waals surface area contributed by atoms with Crippen molar-refractivity contribution >= 4 is 44.1 Å². The minimum atomic E-state index is -3.54. The minimum Gasteiger partial charge on any atom is -0.381 e. The first-order chi connectivity index (χ1) is 16.7. The van der Waals surface area contributed by atoms with Crippen LogP contribution < -0.4 is 9.62 Å². The number of aromatic nitrogens is 2. The number of benzene rings is 2. The maximum atomic E-state index is 13.0. The van der Waals surface area contributed by atoms with Gasteiger partial charge < -0.3 is 10.1 Å². The van der Waals surface area contributed by atoms with Crippen molar-refractivity contribution < 1.29 is 17.9 Å². The number of nitrogens with zero attached hydrogens (tertiary/aromatic N) is 3. The predicted molar refractivity (Wildman–Crippen MR) is 137 cm³/mol. The van der Waals surface area contributed by atoms with Gasteiger partial charge in [-0.1, -0.05) is 18.5 Å². The summed E-state index contributed by atoms with van der Waals surface area (Å²) in [6, 6.07) is 10.9. The maximum absolute atomic E-state index is 13.0. The van der Waals surface area contributed by atoms with Crippen molar-refractivity contribution in [1.29, 1.82) is 0 Å². The van der Waals surface area contributed by atoms with Crippen LogP contribution in [-0.4, -0.2) is 57.2 Å². The Morgan fingerprint density at radius 2 is 1.94 bits per heavy atom. The number of anilines is 1. The summed E-state index contributed by atoms with van der Waals surface area (Å²) in [6.07, 6.45) is 3.23. The molecule has 1 saturated carbocycles. The molecule has 5 rings (SSSR count). The molecule has 35 heavy (non-hydrogen) atoms. The molecule has 10 heteroatoms. The average Bonchev–Trinajstić information content (AvgIpc) is 3.55. The Kier molecular flexibility index (Phi) is 6.27. The highest BCUT2D eigenvalue weighted by Crippen LogP contribution is 2.47. The molecular formula is C25H29ClN4O4S. The number of amides is 1. The molecule has 3 aromatic rings. The third kappa shape index (κ3) is 4.64. The van der Waals surface area contributed by atoms with E-state index in [9.17, 15) is 13.2 Å². The van der Waals surface area contributed by atoms with Crippen molar-refractivity contribution in [1.82, 2.24) is 15.1 Å². The molecule has 1 N–H and O–H groups in total. The molecular weight excluding hydrogens is 488 g/mol. The Labute approximate surface area is 210 Å². The fourth-order valence-corrected chi connectivity index (χ4v) is 5.73. The first kappa shape index (κ1) is 24.1. The second-order valence-electron chi connectivity index (χ2n) is 9.59. The number of sulfonamides is 1. The lowest BCUT2D eigenvalue weighted by atomic mass is 9.92. The number of hydrogen-bond donors (Lipinski definition) is 1. The summed E-state index contributed by atoms with van der Waals surface area (Å²) in [4.78, 5) is 13.0. The van der Waals surface area contributed by atoms with E-state index in [1.54, 1.807) is 36.0 Å². The van der Waals surface area contributed by atoms with Gasteiger partial charge in [0.15, 0.2) is 0 Å². The van der Waals surface area contributed by atoms with Gasteiger partial charge in [0.2, 0.25) is 10.0 Å². The van der Waals surface area contributed by atoms with Crippen molar-refractivity contribution in [2.24, 2.45) is 11.8 Å². The number of nitrogens with one attached hydrogen (secondary N) is 1. The van der Waals surface area contributed by atoms with Crippen LogP contribution >= 0.6 is 11.6 Å². The SMILES string of the molecule is CNC(=O)c1c2cc(C3CC3)c(N(CC(C)C3COC3)S(C)(=O)=O)cc2nn1-c1ccc(Cl)cc1. The van der Waals surface area contributed by atoms with Crippen LogP contribution in [0.25, 0.3) is 16.6 Å². The van der Waals surface area contributed by atoms with Gasteiger partial charge in [0.05, 0.1) is 36.4 Å². The van der Waals surface area contributed by atoms with E-state index in [0.717, 1.165) is 18.4 Å². The average molecular weight is 517 g/mol. The largest absolute Gasteiger partial charge is 0.381 e. The monoisotopic (exact) mass is 516 g/mol. The van der Waals surface area contributed by atoms with Crippen LogP contribution in [-0.2, 0) is 14.8 Å². The molecule has 186 valence electrons. The van der Waals surface area contributed by atoms with Crippen LogP contribution in [0.4, 0.5) is 5.69 Å². The Morgan fingerprint density at radius 1 is 1.26 bits per heavy atom. The summed E-state index contributed by atoms with van der Waals surface area (Å²) in [7, 11) is -1.96. The highest BCUT2D eigenvalue weighted by molar-refractivity contribution is 7.92. The quantitative estimate of drug-likeness (QED) is 0.489. The summed E-state index contributed by atoms with van der Waals surface area (Å²) in [5.41, 5.74) is 3.26. The lowest BCUT2D eigenvalue weighted by molar-refractivity contribution is -0.0549. The molecule has 0 spiro atoms. The third-order valence-corrected chi connectivity index (χ3v) is 8.34. The van der Waals surface area contributed by atoms with Gasteiger partial charge in [-0.25, -0.2) is 13.1 Å². The maximum Gasteiger partial charge on any atom is 0.270 e. The van der Waals surface area contributed by atoms with Crippen molar-refractivity contribution in [3.05, 3.63) is 52.7 Å². The van der Waals surface area contributed by atoms with Crippen LogP contribution in [0.2, 0.25) is 5.02 Å². The Balaban J connectivity index is 1.69. The second kappa shape index (κ2) is 9.11. The van der Waals surface area contributed by atoms with E-state index in [1.807, 2.05) is 12.1 Å². The molecule has 2 aliphatic rings. The Hall–Kier alpha value is -2.62. The van der Waals surface area contributed by atoms with Gasteiger partial charge >= 0.3 is 0 Å². The summed E-state index contributed by atoms with van der Waals surface area (Å²) in [5, 5.41) is 8.73. The molecule has 1 saturated heterocycles. The molecule has 1 aliphatic carbocycles. The van der Waals surface area contributed by atoms with Gasteiger partial charge in [0.25, 0.3) is 5.91 Å². The molecule has 1 atom stereocenters. The van der Waals surface area contributed by atoms with Gasteiger partial charge in [-0.3, -0.25) is 9.10 Å². The molecule has 2 heterocycles. The minimum absolute atomic E-state index is 0.147. The number of halogens is 1. The molecule has 2 aromatic carbocycles. The number of hydrogen-bond acceptors (Lipinski definition) is 5. The van der Waals surface area contributed by atoms with Crippen molar-refractivity contribution in [2.75, 3.05) is 37.4 Å². The highest BCUT2D eigenvalue weighted by Gasteiger charge is 2.35. The fraction of sp³-hybridized carbons (Fsp3) is 0.440. The first-order valence-electron chi connectivity index (χ1n) is 11.8. The Bertz CT molecular complexity index is 1380. The predicted octanol–water partition coefficient (Wildman–Crippen LogP) is 3.96. The van der Waals surface area contributed by atoms with Crippen molar-refractivity contribution in [3.8, 4) is 5.69 Å². The van der Waals surface area contributed by atoms with Gasteiger partial charge in [-0.2, -0.15) is 5.10 Å². The van der Waals surface area contributed by atoms with E-state index in [2.05, 4.69) is 12.2 Å². The van der Waals surface area contributed by atoms with Crippen LogP contribution in [0, 0.1) is 11.8 Å². The summed E-state index contributed by atoms with van der Waals surface area (Å²) in [6.45, 7) is 3.76. The first-order valence-corrected chi connectivity index (χ1v) is 14.0. The van der Waals surface area contributed by atoms with Crippen molar-refractivity contribution in [2.45, 2.75) is 25.7 Å². The molecule has 1 aliphatic heterocycles. The number of rotatable bonds is 8. The van der Waals surface area contributed by atoms with E-state index >= 15 is 0 Å². The fourth-order valence-electron chi connectivity index (χ4n) is 4.59. The van der Waals surface area contributed by atoms with E-state index in [-0.39, 0.29) is 17.7 Å². The van der Waals surface area contributed by atoms with E-state index in [4.69, 9.17) is 21.4 Å². The van der Waals surface area contributed by atoms with Crippen LogP contribution in [0.1, 0.15) is 41.7 Å². The zero-order chi connectivity index (χ0) is 24.9. The highest BCUT2D eigenvalue weighted by atomic mass is 35.5. The number of carbonyl (C=O) groups is 1. The zero-order valence-corrected chi connectivity index (χ0v) is 21.6. The third-order valence-electron chi connectivity index (χ3n) is 6.94. The lowest BCUT2D eigenvalue weighted by Gasteiger charge is -2.35. The van der Waals surface area contributed by atoms with E-state index in [0.29, 0.717) is 58.7 Å². The van der Waals surface area contributed by atoms with Crippen LogP contribution in [0.5, 0.6) is 0 Å². The number of carbonyl (C=O) groups excluding carboxylic acids is 1. The normalized spacial score (nSPS) is 17.3. The smallest absolute Gasteiger partial charge is 0.270 e. The van der Waals surface area contributed by atoms with E-state index in [1.165, 1.54) is 10.6 Å². The number of fused-ring (bicyclic) bond motifs is 1. The molecule has 0 bridgehead atoms. The molecule has 1 aromatic heterocycles. The number of ether oxygens (including phenoxy) is 1. The standard InChI is InChI=1S/C25H29ClN4O4S/c1-15(17-13-34-14-17)12-29(35(3,32)33)23-11-22-21(10-20(23)16-4-5-16)24(25(31)27-2)30(28-22)19-8-6-18(26)7-9-19/h6-11,15-17H,4-5,12-14H2,1-3H3,(H,27,31). The second-order valence-corrected chi connectivity index (χ2v) is 11.9. The molecule has 1 amide bonds. The topological polar surface area (TPSA) is 93.5 Å². The van der Waals surface area contributed by atoms with Crippen LogP contribution in [0.3, 0.4) is 0 Å². The molecule has 2 fully saturated rings. The summed E-state index contributed by atoms with van der Waals surface area (Å²) < 4.78 is 34.4. The zero-order valence-electron chi connectivity index (χ0n) is 20.0. The van der Waals surface area contributed by atoms with Gasteiger partial charge in [-0.15, -0.1) is 0 Å². The lowest BCUT2D eigenvalue weighted by Crippen LogP contribution is -2.42. The van der Waals surface area contributed by atoms with Crippen molar-refractivity contribution in [3.63, 3.8) is 0 Å². The van der Waals surface area contributed by atoms with Gasteiger partial charge in [0.1, 0.15) is 5.69 Å².